The van der Waals surface area contributed by atoms with E-state index in [9.17, 15) is 18.0 Å². The lowest BCUT2D eigenvalue weighted by atomic mass is 9.82. The highest BCUT2D eigenvalue weighted by Crippen LogP contribution is 2.37. The Labute approximate surface area is 130 Å². The first-order valence-electron chi connectivity index (χ1n) is 7.37. The molecule has 3 rings (SSSR count). The highest BCUT2D eigenvalue weighted by atomic mass is 19.4. The van der Waals surface area contributed by atoms with Gasteiger partial charge in [0.15, 0.2) is 5.72 Å². The van der Waals surface area contributed by atoms with Crippen LogP contribution >= 0.6 is 0 Å². The number of rotatable bonds is 3. The van der Waals surface area contributed by atoms with Crippen LogP contribution in [0.15, 0.2) is 18.6 Å². The molecule has 0 aromatic carbocycles. The Morgan fingerprint density at radius 2 is 2.22 bits per heavy atom. The van der Waals surface area contributed by atoms with Crippen LogP contribution in [0.4, 0.5) is 13.2 Å². The van der Waals surface area contributed by atoms with Gasteiger partial charge in [-0.2, -0.15) is 13.2 Å². The minimum Gasteiger partial charge on any atom is -0.473 e. The number of carbonyl (C=O) groups is 1. The Bertz CT molecular complexity index is 569. The number of aromatic nitrogens is 2. The zero-order valence-electron chi connectivity index (χ0n) is 12.2. The van der Waals surface area contributed by atoms with Gasteiger partial charge in [0.2, 0.25) is 5.88 Å². The molecule has 2 aliphatic rings. The number of hydrogen-bond donors (Lipinski definition) is 1. The van der Waals surface area contributed by atoms with Crippen molar-refractivity contribution in [3.8, 4) is 5.88 Å². The lowest BCUT2D eigenvalue weighted by Gasteiger charge is -2.47. The van der Waals surface area contributed by atoms with Crippen molar-refractivity contribution < 1.29 is 27.4 Å². The predicted molar refractivity (Wildman–Crippen MR) is 71.3 cm³/mol. The fraction of sp³-hybridized carbons (Fsp3) is 0.643. The van der Waals surface area contributed by atoms with Crippen molar-refractivity contribution in [3.05, 3.63) is 18.6 Å². The summed E-state index contributed by atoms with van der Waals surface area (Å²) in [6.07, 6.45) is 1.57. The average Bonchev–Trinajstić information content (AvgIpc) is 2.46. The fourth-order valence-electron chi connectivity index (χ4n) is 3.22. The number of nitrogens with zero attached hydrogens (tertiary/aromatic N) is 2. The summed E-state index contributed by atoms with van der Waals surface area (Å²) in [7, 11) is 0. The van der Waals surface area contributed by atoms with Crippen molar-refractivity contribution in [2.45, 2.75) is 56.2 Å². The minimum atomic E-state index is -5.01. The largest absolute Gasteiger partial charge is 0.490 e. The lowest BCUT2D eigenvalue weighted by molar-refractivity contribution is -0.226. The van der Waals surface area contributed by atoms with Gasteiger partial charge < -0.3 is 9.47 Å². The number of halogens is 3. The van der Waals surface area contributed by atoms with Gasteiger partial charge in [-0.05, 0) is 12.8 Å². The topological polar surface area (TPSA) is 73.3 Å². The summed E-state index contributed by atoms with van der Waals surface area (Å²) < 4.78 is 48.0. The second-order valence-corrected chi connectivity index (χ2v) is 5.84. The van der Waals surface area contributed by atoms with Crippen LogP contribution < -0.4 is 10.1 Å². The van der Waals surface area contributed by atoms with Crippen LogP contribution in [0.25, 0.3) is 0 Å². The molecule has 0 saturated carbocycles. The Morgan fingerprint density at radius 1 is 1.39 bits per heavy atom. The number of fused-ring (bicyclic) bond motifs is 2. The smallest absolute Gasteiger partial charge is 0.473 e. The first-order chi connectivity index (χ1) is 10.9. The van der Waals surface area contributed by atoms with Gasteiger partial charge in [-0.15, -0.1) is 0 Å². The Hall–Kier alpha value is -1.90. The summed E-state index contributed by atoms with van der Waals surface area (Å²) in [4.78, 5) is 19.1. The molecular weight excluding hydrogens is 315 g/mol. The molecule has 126 valence electrons. The minimum absolute atomic E-state index is 0.0554. The van der Waals surface area contributed by atoms with E-state index < -0.39 is 17.9 Å². The van der Waals surface area contributed by atoms with Gasteiger partial charge in [0, 0.05) is 37.7 Å². The highest BCUT2D eigenvalue weighted by Gasteiger charge is 2.51. The second kappa shape index (κ2) is 5.95. The van der Waals surface area contributed by atoms with E-state index >= 15 is 0 Å². The summed E-state index contributed by atoms with van der Waals surface area (Å²) in [5.74, 6) is -1.87. The number of alkyl halides is 3. The van der Waals surface area contributed by atoms with Gasteiger partial charge in [0.25, 0.3) is 0 Å². The monoisotopic (exact) mass is 331 g/mol. The quantitative estimate of drug-likeness (QED) is 0.854. The Balaban J connectivity index is 1.73. The third-order valence-electron chi connectivity index (χ3n) is 4.05. The maximum absolute atomic E-state index is 12.5. The first kappa shape index (κ1) is 16.0. The number of hydrogen-bond acceptors (Lipinski definition) is 6. The standard InChI is InChI=1S/C14H16F3N3O3/c15-14(16,17)12(21)23-13-3-1-2-9(20-13)6-10(7-13)22-11-8-18-4-5-19-11/h4-5,8-10,20H,1-3,6-7H2/t9-,10+,13+/m0/s1. The second-order valence-electron chi connectivity index (χ2n) is 5.84. The molecule has 2 aliphatic heterocycles. The van der Waals surface area contributed by atoms with Crippen LogP contribution in [0.3, 0.4) is 0 Å². The molecule has 2 fully saturated rings. The van der Waals surface area contributed by atoms with Crippen LogP contribution in [0.1, 0.15) is 32.1 Å². The predicted octanol–water partition coefficient (Wildman–Crippen LogP) is 1.96. The molecule has 2 bridgehead atoms. The Morgan fingerprint density at radius 3 is 2.91 bits per heavy atom. The van der Waals surface area contributed by atoms with Crippen LogP contribution in [0.2, 0.25) is 0 Å². The first-order valence-corrected chi connectivity index (χ1v) is 7.37. The maximum atomic E-state index is 12.5. The van der Waals surface area contributed by atoms with E-state index in [-0.39, 0.29) is 18.6 Å². The molecule has 0 unspecified atom stereocenters. The highest BCUT2D eigenvalue weighted by molar-refractivity contribution is 5.76. The molecular formula is C14H16F3N3O3. The van der Waals surface area contributed by atoms with Gasteiger partial charge in [0.1, 0.15) is 6.10 Å². The summed E-state index contributed by atoms with van der Waals surface area (Å²) in [6.45, 7) is 0. The van der Waals surface area contributed by atoms with Gasteiger partial charge in [0.05, 0.1) is 6.20 Å². The van der Waals surface area contributed by atoms with Gasteiger partial charge >= 0.3 is 12.1 Å². The molecule has 1 aromatic heterocycles. The molecule has 1 aromatic rings. The summed E-state index contributed by atoms with van der Waals surface area (Å²) in [5, 5.41) is 3.03. The van der Waals surface area contributed by atoms with E-state index in [4.69, 9.17) is 9.47 Å². The lowest BCUT2D eigenvalue weighted by Crippen LogP contribution is -2.63. The van der Waals surface area contributed by atoms with E-state index in [0.717, 1.165) is 6.42 Å². The van der Waals surface area contributed by atoms with E-state index in [0.29, 0.717) is 25.1 Å². The van der Waals surface area contributed by atoms with Crippen LogP contribution in [0.5, 0.6) is 5.88 Å². The number of esters is 1. The third-order valence-corrected chi connectivity index (χ3v) is 4.05. The SMILES string of the molecule is O=C(O[C@]12CCC[C@@H](C[C@@H](Oc3cnccn3)C1)N2)C(F)(F)F. The van der Waals surface area contributed by atoms with E-state index in [2.05, 4.69) is 15.3 Å². The van der Waals surface area contributed by atoms with E-state index in [1.54, 1.807) is 0 Å². The van der Waals surface area contributed by atoms with Crippen molar-refractivity contribution in [3.63, 3.8) is 0 Å². The summed E-state index contributed by atoms with van der Waals surface area (Å²) in [6, 6.07) is -0.0554. The van der Waals surface area contributed by atoms with Crippen molar-refractivity contribution in [2.24, 2.45) is 0 Å². The molecule has 0 radical (unpaired) electrons. The Kier molecular flexibility index (Phi) is 4.13. The molecule has 3 heterocycles. The van der Waals surface area contributed by atoms with Crippen molar-refractivity contribution in [1.82, 2.24) is 15.3 Å². The summed E-state index contributed by atoms with van der Waals surface area (Å²) >= 11 is 0. The van der Waals surface area contributed by atoms with E-state index in [1.165, 1.54) is 18.6 Å². The zero-order valence-corrected chi connectivity index (χ0v) is 12.2. The van der Waals surface area contributed by atoms with Crippen molar-refractivity contribution >= 4 is 5.97 Å². The third kappa shape index (κ3) is 3.72. The van der Waals surface area contributed by atoms with E-state index in [1.807, 2.05) is 0 Å². The van der Waals surface area contributed by atoms with Gasteiger partial charge in [-0.1, -0.05) is 0 Å². The molecule has 1 N–H and O–H groups in total. The molecule has 3 atom stereocenters. The molecule has 2 saturated heterocycles. The number of nitrogens with one attached hydrogen (secondary N) is 1. The van der Waals surface area contributed by atoms with Crippen LogP contribution in [-0.4, -0.2) is 40.0 Å². The number of ether oxygens (including phenoxy) is 2. The van der Waals surface area contributed by atoms with Crippen LogP contribution in [0, 0.1) is 0 Å². The molecule has 0 aliphatic carbocycles. The molecule has 6 nitrogen and oxygen atoms in total. The maximum Gasteiger partial charge on any atom is 0.490 e. The summed E-state index contributed by atoms with van der Waals surface area (Å²) in [5.41, 5.74) is -1.33. The number of piperidine rings is 2. The number of carbonyl (C=O) groups excluding carboxylic acids is 1. The fourth-order valence-corrected chi connectivity index (χ4v) is 3.22. The van der Waals surface area contributed by atoms with Gasteiger partial charge in [-0.25, -0.2) is 9.78 Å². The molecule has 0 amide bonds. The van der Waals surface area contributed by atoms with Crippen LogP contribution in [-0.2, 0) is 9.53 Å². The normalized spacial score (nSPS) is 30.6. The molecule has 0 spiro atoms. The molecule has 9 heteroatoms. The van der Waals surface area contributed by atoms with Crippen molar-refractivity contribution in [2.75, 3.05) is 0 Å². The van der Waals surface area contributed by atoms with Crippen molar-refractivity contribution in [1.29, 1.82) is 0 Å². The van der Waals surface area contributed by atoms with Gasteiger partial charge in [-0.3, -0.25) is 10.3 Å². The zero-order chi connectivity index (χ0) is 16.5. The average molecular weight is 331 g/mol. The molecule has 23 heavy (non-hydrogen) atoms.